The third kappa shape index (κ3) is 3.59. The largest absolute Gasteiger partial charge is 0.416 e. The minimum absolute atomic E-state index is 0.0546. The molecule has 140 valence electrons. The molecule has 0 fully saturated rings. The molecular formula is C20H12F3N3OS. The molecule has 4 rings (SSSR count). The summed E-state index contributed by atoms with van der Waals surface area (Å²) in [7, 11) is 0. The van der Waals surface area contributed by atoms with Crippen molar-refractivity contribution in [1.29, 1.82) is 0 Å². The molecular weight excluding hydrogens is 387 g/mol. The fourth-order valence-electron chi connectivity index (χ4n) is 2.70. The summed E-state index contributed by atoms with van der Waals surface area (Å²) >= 11 is 1.39. The van der Waals surface area contributed by atoms with Gasteiger partial charge in [-0.25, -0.2) is 4.98 Å². The molecule has 0 aliphatic heterocycles. The summed E-state index contributed by atoms with van der Waals surface area (Å²) in [5.41, 5.74) is 0.631. The van der Waals surface area contributed by atoms with Crippen LogP contribution in [0, 0.1) is 0 Å². The first-order chi connectivity index (χ1) is 13.4. The number of carbonyl (C=O) groups is 1. The molecule has 0 aliphatic carbocycles. The SMILES string of the molecule is O=C(Nc1cccc(C(F)(F)F)c1)c1cccnc1-c1nc2ccccc2s1. The number of alkyl halides is 3. The Labute approximate surface area is 161 Å². The van der Waals surface area contributed by atoms with Crippen molar-refractivity contribution in [3.63, 3.8) is 0 Å². The number of hydrogen-bond donors (Lipinski definition) is 1. The van der Waals surface area contributed by atoms with Gasteiger partial charge >= 0.3 is 6.18 Å². The number of para-hydroxylation sites is 1. The third-order valence-corrected chi connectivity index (χ3v) is 5.04. The van der Waals surface area contributed by atoms with Crippen LogP contribution in [0.2, 0.25) is 0 Å². The second-order valence-electron chi connectivity index (χ2n) is 5.92. The summed E-state index contributed by atoms with van der Waals surface area (Å²) in [4.78, 5) is 21.5. The van der Waals surface area contributed by atoms with Gasteiger partial charge in [0.2, 0.25) is 0 Å². The van der Waals surface area contributed by atoms with Gasteiger partial charge < -0.3 is 5.32 Å². The molecule has 0 unspecified atom stereocenters. The Morgan fingerprint density at radius 3 is 2.61 bits per heavy atom. The van der Waals surface area contributed by atoms with Gasteiger partial charge in [-0.3, -0.25) is 9.78 Å². The van der Waals surface area contributed by atoms with Crippen LogP contribution in [-0.2, 0) is 6.18 Å². The quantitative estimate of drug-likeness (QED) is 0.486. The van der Waals surface area contributed by atoms with Crippen LogP contribution < -0.4 is 5.32 Å². The Hall–Kier alpha value is -3.26. The van der Waals surface area contributed by atoms with E-state index < -0.39 is 17.6 Å². The van der Waals surface area contributed by atoms with Gasteiger partial charge in [0.05, 0.1) is 21.3 Å². The smallest absolute Gasteiger partial charge is 0.322 e. The van der Waals surface area contributed by atoms with E-state index in [4.69, 9.17) is 0 Å². The molecule has 4 aromatic rings. The van der Waals surface area contributed by atoms with E-state index in [0.29, 0.717) is 10.7 Å². The van der Waals surface area contributed by atoms with E-state index in [1.165, 1.54) is 23.5 Å². The molecule has 2 aromatic heterocycles. The number of thiazole rings is 1. The van der Waals surface area contributed by atoms with Crippen LogP contribution in [0.1, 0.15) is 15.9 Å². The zero-order valence-electron chi connectivity index (χ0n) is 14.2. The Morgan fingerprint density at radius 1 is 1.00 bits per heavy atom. The van der Waals surface area contributed by atoms with Crippen molar-refractivity contribution < 1.29 is 18.0 Å². The van der Waals surface area contributed by atoms with E-state index in [9.17, 15) is 18.0 Å². The number of rotatable bonds is 3. The van der Waals surface area contributed by atoms with E-state index in [1.54, 1.807) is 18.3 Å². The van der Waals surface area contributed by atoms with Gasteiger partial charge in [0.25, 0.3) is 5.91 Å². The molecule has 0 saturated heterocycles. The number of pyridine rings is 1. The lowest BCUT2D eigenvalue weighted by atomic mass is 10.1. The number of nitrogens with one attached hydrogen (secondary N) is 1. The highest BCUT2D eigenvalue weighted by Crippen LogP contribution is 2.32. The van der Waals surface area contributed by atoms with E-state index >= 15 is 0 Å². The number of hydrogen-bond acceptors (Lipinski definition) is 4. The van der Waals surface area contributed by atoms with Crippen molar-refractivity contribution in [3.05, 3.63) is 78.0 Å². The maximum atomic E-state index is 12.9. The lowest BCUT2D eigenvalue weighted by molar-refractivity contribution is -0.137. The second kappa shape index (κ2) is 7.05. The van der Waals surface area contributed by atoms with E-state index in [0.717, 1.165) is 22.3 Å². The third-order valence-electron chi connectivity index (χ3n) is 4.00. The van der Waals surface area contributed by atoms with Crippen LogP contribution in [0.4, 0.5) is 18.9 Å². The van der Waals surface area contributed by atoms with Gasteiger partial charge in [0, 0.05) is 11.9 Å². The molecule has 0 atom stereocenters. The molecule has 2 aromatic carbocycles. The van der Waals surface area contributed by atoms with Crippen molar-refractivity contribution in [2.45, 2.75) is 6.18 Å². The lowest BCUT2D eigenvalue weighted by Gasteiger charge is -2.11. The Kier molecular flexibility index (Phi) is 4.56. The van der Waals surface area contributed by atoms with Crippen LogP contribution >= 0.6 is 11.3 Å². The molecule has 0 aliphatic rings. The first-order valence-corrected chi connectivity index (χ1v) is 9.03. The van der Waals surface area contributed by atoms with Crippen molar-refractivity contribution in [1.82, 2.24) is 9.97 Å². The van der Waals surface area contributed by atoms with Crippen LogP contribution in [0.5, 0.6) is 0 Å². The number of aromatic nitrogens is 2. The number of benzene rings is 2. The maximum Gasteiger partial charge on any atom is 0.416 e. The summed E-state index contributed by atoms with van der Waals surface area (Å²) in [6.45, 7) is 0. The monoisotopic (exact) mass is 399 g/mol. The average molecular weight is 399 g/mol. The normalized spacial score (nSPS) is 11.5. The van der Waals surface area contributed by atoms with Gasteiger partial charge in [-0.15, -0.1) is 11.3 Å². The summed E-state index contributed by atoms with van der Waals surface area (Å²) in [6, 6.07) is 15.2. The summed E-state index contributed by atoms with van der Waals surface area (Å²) in [6.07, 6.45) is -2.94. The van der Waals surface area contributed by atoms with Crippen molar-refractivity contribution in [2.75, 3.05) is 5.32 Å². The fourth-order valence-corrected chi connectivity index (χ4v) is 3.68. The average Bonchev–Trinajstić information content (AvgIpc) is 3.11. The first-order valence-electron chi connectivity index (χ1n) is 8.21. The molecule has 8 heteroatoms. The topological polar surface area (TPSA) is 54.9 Å². The van der Waals surface area contributed by atoms with Crippen LogP contribution in [0.25, 0.3) is 20.9 Å². The van der Waals surface area contributed by atoms with E-state index in [2.05, 4.69) is 15.3 Å². The van der Waals surface area contributed by atoms with E-state index in [1.807, 2.05) is 24.3 Å². The summed E-state index contributed by atoms with van der Waals surface area (Å²) in [5.74, 6) is -0.554. The Bertz CT molecular complexity index is 1140. The maximum absolute atomic E-state index is 12.9. The molecule has 1 amide bonds. The molecule has 2 heterocycles. The van der Waals surface area contributed by atoms with Gasteiger partial charge in [-0.05, 0) is 42.5 Å². The van der Waals surface area contributed by atoms with Gasteiger partial charge in [-0.1, -0.05) is 18.2 Å². The number of carbonyl (C=O) groups excluding carboxylic acids is 1. The second-order valence-corrected chi connectivity index (χ2v) is 6.95. The molecule has 0 radical (unpaired) electrons. The number of amides is 1. The summed E-state index contributed by atoms with van der Waals surface area (Å²) < 4.78 is 39.6. The van der Waals surface area contributed by atoms with E-state index in [-0.39, 0.29) is 11.3 Å². The van der Waals surface area contributed by atoms with Crippen LogP contribution in [0.3, 0.4) is 0 Å². The number of anilines is 1. The predicted octanol–water partition coefficient (Wildman–Crippen LogP) is 5.63. The molecule has 4 nitrogen and oxygen atoms in total. The standard InChI is InChI=1S/C20H12F3N3OS/c21-20(22,23)12-5-3-6-13(11-12)25-18(27)14-7-4-10-24-17(14)19-26-15-8-1-2-9-16(15)28-19/h1-11H,(H,25,27). The van der Waals surface area contributed by atoms with Gasteiger partial charge in [0.1, 0.15) is 10.7 Å². The Balaban J connectivity index is 1.68. The predicted molar refractivity (Wildman–Crippen MR) is 102 cm³/mol. The van der Waals surface area contributed by atoms with Crippen molar-refractivity contribution >= 4 is 33.1 Å². The molecule has 0 bridgehead atoms. The highest BCUT2D eigenvalue weighted by Gasteiger charge is 2.30. The number of fused-ring (bicyclic) bond motifs is 1. The zero-order valence-corrected chi connectivity index (χ0v) is 15.0. The van der Waals surface area contributed by atoms with Gasteiger partial charge in [-0.2, -0.15) is 13.2 Å². The van der Waals surface area contributed by atoms with Crippen LogP contribution in [-0.4, -0.2) is 15.9 Å². The lowest BCUT2D eigenvalue weighted by Crippen LogP contribution is -2.14. The molecule has 1 N–H and O–H groups in total. The molecule has 0 saturated carbocycles. The number of nitrogens with zero attached hydrogens (tertiary/aromatic N) is 2. The minimum atomic E-state index is -4.48. The molecule has 0 spiro atoms. The Morgan fingerprint density at radius 2 is 1.82 bits per heavy atom. The fraction of sp³-hybridized carbons (Fsp3) is 0.0500. The minimum Gasteiger partial charge on any atom is -0.322 e. The van der Waals surface area contributed by atoms with Crippen molar-refractivity contribution in [2.24, 2.45) is 0 Å². The highest BCUT2D eigenvalue weighted by atomic mass is 32.1. The van der Waals surface area contributed by atoms with Gasteiger partial charge in [0.15, 0.2) is 0 Å². The van der Waals surface area contributed by atoms with Crippen molar-refractivity contribution in [3.8, 4) is 10.7 Å². The number of halogens is 3. The first kappa shape index (κ1) is 18.1. The zero-order chi connectivity index (χ0) is 19.7. The highest BCUT2D eigenvalue weighted by molar-refractivity contribution is 7.21. The molecule has 28 heavy (non-hydrogen) atoms. The van der Waals surface area contributed by atoms with Crippen LogP contribution in [0.15, 0.2) is 66.9 Å². The summed E-state index contributed by atoms with van der Waals surface area (Å²) in [5, 5.41) is 3.08.